The summed E-state index contributed by atoms with van der Waals surface area (Å²) in [6.07, 6.45) is 4.17. The highest BCUT2D eigenvalue weighted by Crippen LogP contribution is 2.19. The molecule has 1 unspecified atom stereocenters. The molecule has 0 radical (unpaired) electrons. The molecular formula is C14H19FN2O. The summed E-state index contributed by atoms with van der Waals surface area (Å²) in [7, 11) is 0. The van der Waals surface area contributed by atoms with Gasteiger partial charge >= 0.3 is 0 Å². The first-order chi connectivity index (χ1) is 8.72. The zero-order chi connectivity index (χ0) is 13.0. The highest BCUT2D eigenvalue weighted by atomic mass is 19.1. The van der Waals surface area contributed by atoms with Gasteiger partial charge in [-0.1, -0.05) is 18.9 Å². The summed E-state index contributed by atoms with van der Waals surface area (Å²) in [5, 5.41) is 0. The minimum atomic E-state index is -0.375. The van der Waals surface area contributed by atoms with Gasteiger partial charge < -0.3 is 10.6 Å². The standard InChI is InChI=1S/C14H19FN2O/c15-12-6-4-5-11(9-12)14(18)17-8-3-1-2-7-13(17)10-16/h4-6,9,13H,1-3,7-8,10,16H2. The number of halogens is 1. The van der Waals surface area contributed by atoms with Crippen molar-refractivity contribution in [3.63, 3.8) is 0 Å². The van der Waals surface area contributed by atoms with E-state index in [1.807, 2.05) is 4.90 Å². The van der Waals surface area contributed by atoms with Crippen LogP contribution in [0.1, 0.15) is 36.0 Å². The normalized spacial score (nSPS) is 20.6. The zero-order valence-corrected chi connectivity index (χ0v) is 10.4. The molecule has 1 aliphatic heterocycles. The fraction of sp³-hybridized carbons (Fsp3) is 0.500. The maximum absolute atomic E-state index is 13.2. The second-order valence-electron chi connectivity index (χ2n) is 4.75. The van der Waals surface area contributed by atoms with Crippen molar-refractivity contribution in [2.75, 3.05) is 13.1 Å². The molecule has 3 nitrogen and oxygen atoms in total. The average molecular weight is 250 g/mol. The first-order valence-electron chi connectivity index (χ1n) is 6.49. The number of likely N-dealkylation sites (tertiary alicyclic amines) is 1. The Morgan fingerprint density at radius 2 is 2.22 bits per heavy atom. The molecule has 1 aromatic carbocycles. The van der Waals surface area contributed by atoms with Crippen LogP contribution in [0, 0.1) is 5.82 Å². The van der Waals surface area contributed by atoms with Crippen molar-refractivity contribution in [2.45, 2.75) is 31.7 Å². The predicted molar refractivity (Wildman–Crippen MR) is 68.7 cm³/mol. The van der Waals surface area contributed by atoms with Crippen molar-refractivity contribution in [1.29, 1.82) is 0 Å². The number of carbonyl (C=O) groups is 1. The van der Waals surface area contributed by atoms with Crippen molar-refractivity contribution in [1.82, 2.24) is 4.90 Å². The Kier molecular flexibility index (Phi) is 4.31. The van der Waals surface area contributed by atoms with Crippen LogP contribution in [0.2, 0.25) is 0 Å². The van der Waals surface area contributed by atoms with Crippen LogP contribution >= 0.6 is 0 Å². The Morgan fingerprint density at radius 3 is 2.94 bits per heavy atom. The maximum atomic E-state index is 13.2. The Bertz CT molecular complexity index is 422. The van der Waals surface area contributed by atoms with Gasteiger partial charge in [-0.2, -0.15) is 0 Å². The lowest BCUT2D eigenvalue weighted by atomic mass is 10.1. The Balaban J connectivity index is 2.19. The van der Waals surface area contributed by atoms with Crippen molar-refractivity contribution in [3.8, 4) is 0 Å². The molecule has 1 fully saturated rings. The molecule has 4 heteroatoms. The van der Waals surface area contributed by atoms with Crippen LogP contribution in [0.5, 0.6) is 0 Å². The predicted octanol–water partition coefficient (Wildman–Crippen LogP) is 2.17. The molecule has 0 bridgehead atoms. The molecule has 1 aliphatic rings. The van der Waals surface area contributed by atoms with E-state index in [2.05, 4.69) is 0 Å². The molecule has 0 spiro atoms. The van der Waals surface area contributed by atoms with Gasteiger partial charge in [0, 0.05) is 24.7 Å². The third kappa shape index (κ3) is 2.88. The summed E-state index contributed by atoms with van der Waals surface area (Å²) >= 11 is 0. The highest BCUT2D eigenvalue weighted by Gasteiger charge is 2.25. The maximum Gasteiger partial charge on any atom is 0.254 e. The molecule has 2 rings (SSSR count). The van der Waals surface area contributed by atoms with E-state index in [0.717, 1.165) is 32.2 Å². The zero-order valence-electron chi connectivity index (χ0n) is 10.4. The minimum absolute atomic E-state index is 0.0864. The topological polar surface area (TPSA) is 46.3 Å². The molecule has 1 atom stereocenters. The van der Waals surface area contributed by atoms with Crippen molar-refractivity contribution in [3.05, 3.63) is 35.6 Å². The Hall–Kier alpha value is -1.42. The first-order valence-corrected chi connectivity index (χ1v) is 6.49. The summed E-state index contributed by atoms with van der Waals surface area (Å²) in [4.78, 5) is 14.2. The first kappa shape index (κ1) is 13.0. The SMILES string of the molecule is NCC1CCCCCN1C(=O)c1cccc(F)c1. The molecule has 0 aromatic heterocycles. The quantitative estimate of drug-likeness (QED) is 0.874. The van der Waals surface area contributed by atoms with Crippen LogP contribution in [0.25, 0.3) is 0 Å². The van der Waals surface area contributed by atoms with E-state index >= 15 is 0 Å². The van der Waals surface area contributed by atoms with E-state index in [1.165, 1.54) is 12.1 Å². The van der Waals surface area contributed by atoms with E-state index < -0.39 is 0 Å². The number of hydrogen-bond acceptors (Lipinski definition) is 2. The lowest BCUT2D eigenvalue weighted by molar-refractivity contribution is 0.0688. The number of carbonyl (C=O) groups excluding carboxylic acids is 1. The summed E-state index contributed by atoms with van der Waals surface area (Å²) in [5.41, 5.74) is 6.15. The molecule has 0 aliphatic carbocycles. The van der Waals surface area contributed by atoms with Crippen LogP contribution in [0.3, 0.4) is 0 Å². The summed E-state index contributed by atoms with van der Waals surface area (Å²) < 4.78 is 13.2. The Labute approximate surface area is 107 Å². The van der Waals surface area contributed by atoms with Crippen molar-refractivity contribution in [2.24, 2.45) is 5.73 Å². The summed E-state index contributed by atoms with van der Waals surface area (Å²) in [6.45, 7) is 1.19. The number of amides is 1. The van der Waals surface area contributed by atoms with Crippen LogP contribution in [0.15, 0.2) is 24.3 Å². The monoisotopic (exact) mass is 250 g/mol. The second kappa shape index (κ2) is 5.96. The summed E-state index contributed by atoms with van der Waals surface area (Å²) in [6, 6.07) is 5.95. The number of nitrogens with two attached hydrogens (primary N) is 1. The third-order valence-corrected chi connectivity index (χ3v) is 3.48. The van der Waals surface area contributed by atoms with Gasteiger partial charge in [0.25, 0.3) is 5.91 Å². The van der Waals surface area contributed by atoms with Gasteiger partial charge in [-0.05, 0) is 31.0 Å². The number of benzene rings is 1. The molecular weight excluding hydrogens is 231 g/mol. The van der Waals surface area contributed by atoms with Crippen molar-refractivity contribution >= 4 is 5.91 Å². The van der Waals surface area contributed by atoms with Gasteiger partial charge in [-0.25, -0.2) is 4.39 Å². The fourth-order valence-corrected chi connectivity index (χ4v) is 2.48. The van der Waals surface area contributed by atoms with Gasteiger partial charge in [0.05, 0.1) is 0 Å². The molecule has 1 amide bonds. The van der Waals surface area contributed by atoms with E-state index in [-0.39, 0.29) is 17.8 Å². The number of rotatable bonds is 2. The lowest BCUT2D eigenvalue weighted by Crippen LogP contribution is -2.44. The minimum Gasteiger partial charge on any atom is -0.334 e. The summed E-state index contributed by atoms with van der Waals surface area (Å²) in [5.74, 6) is -0.480. The molecule has 1 heterocycles. The van der Waals surface area contributed by atoms with Gasteiger partial charge in [0.2, 0.25) is 0 Å². The third-order valence-electron chi connectivity index (χ3n) is 3.48. The van der Waals surface area contributed by atoms with E-state index in [1.54, 1.807) is 12.1 Å². The van der Waals surface area contributed by atoms with Gasteiger partial charge in [0.1, 0.15) is 5.82 Å². The van der Waals surface area contributed by atoms with E-state index in [4.69, 9.17) is 5.73 Å². The highest BCUT2D eigenvalue weighted by molar-refractivity contribution is 5.94. The number of hydrogen-bond donors (Lipinski definition) is 1. The number of nitrogens with zero attached hydrogens (tertiary/aromatic N) is 1. The van der Waals surface area contributed by atoms with Crippen molar-refractivity contribution < 1.29 is 9.18 Å². The van der Waals surface area contributed by atoms with Crippen LogP contribution in [-0.4, -0.2) is 29.9 Å². The molecule has 0 saturated carbocycles. The van der Waals surface area contributed by atoms with Gasteiger partial charge in [0.15, 0.2) is 0 Å². The van der Waals surface area contributed by atoms with Gasteiger partial charge in [-0.15, -0.1) is 0 Å². The molecule has 1 saturated heterocycles. The second-order valence-corrected chi connectivity index (χ2v) is 4.75. The lowest BCUT2D eigenvalue weighted by Gasteiger charge is -2.29. The van der Waals surface area contributed by atoms with E-state index in [9.17, 15) is 9.18 Å². The average Bonchev–Trinajstić information content (AvgIpc) is 2.62. The molecule has 1 aromatic rings. The van der Waals surface area contributed by atoms with Gasteiger partial charge in [-0.3, -0.25) is 4.79 Å². The van der Waals surface area contributed by atoms with E-state index in [0.29, 0.717) is 12.1 Å². The fourth-order valence-electron chi connectivity index (χ4n) is 2.48. The molecule has 2 N–H and O–H groups in total. The molecule has 98 valence electrons. The van der Waals surface area contributed by atoms with Crippen LogP contribution in [0.4, 0.5) is 4.39 Å². The van der Waals surface area contributed by atoms with Crippen LogP contribution < -0.4 is 5.73 Å². The van der Waals surface area contributed by atoms with Crippen LogP contribution in [-0.2, 0) is 0 Å². The smallest absolute Gasteiger partial charge is 0.254 e. The Morgan fingerprint density at radius 1 is 1.39 bits per heavy atom. The molecule has 18 heavy (non-hydrogen) atoms. The largest absolute Gasteiger partial charge is 0.334 e.